The first-order valence-corrected chi connectivity index (χ1v) is 17.2. The highest BCUT2D eigenvalue weighted by Gasteiger charge is 2.23. The van der Waals surface area contributed by atoms with Crippen LogP contribution >= 0.6 is 0 Å². The number of nitrogens with zero attached hydrogens (tertiary/aromatic N) is 3. The average Bonchev–Trinajstić information content (AvgIpc) is 3.73. The Hall–Kier alpha value is -6.46. The van der Waals surface area contributed by atoms with Crippen LogP contribution in [0.15, 0.2) is 178 Å². The van der Waals surface area contributed by atoms with Gasteiger partial charge < -0.3 is 14.3 Å². The van der Waals surface area contributed by atoms with Crippen LogP contribution in [0.2, 0.25) is 0 Å². The van der Waals surface area contributed by atoms with E-state index in [-0.39, 0.29) is 6.17 Å². The van der Waals surface area contributed by atoms with E-state index in [0.717, 1.165) is 68.8 Å². The molecule has 1 aliphatic heterocycles. The van der Waals surface area contributed by atoms with Gasteiger partial charge in [0.25, 0.3) is 0 Å². The normalized spacial score (nSPS) is 16.1. The van der Waals surface area contributed by atoms with Gasteiger partial charge in [-0.3, -0.25) is 0 Å². The Bertz CT molecular complexity index is 2730. The van der Waals surface area contributed by atoms with E-state index in [4.69, 9.17) is 14.4 Å². The molecule has 1 atom stereocenters. The molecule has 3 heterocycles. The number of hydrogen-bond donors (Lipinski definition) is 1. The van der Waals surface area contributed by atoms with Gasteiger partial charge in [0.2, 0.25) is 0 Å². The van der Waals surface area contributed by atoms with Crippen molar-refractivity contribution >= 4 is 55.4 Å². The summed E-state index contributed by atoms with van der Waals surface area (Å²) in [6.45, 7) is 0. The Labute approximate surface area is 289 Å². The molecule has 2 aromatic heterocycles. The van der Waals surface area contributed by atoms with Crippen molar-refractivity contribution in [3.8, 4) is 16.8 Å². The highest BCUT2D eigenvalue weighted by molar-refractivity contribution is 6.16. The molecule has 5 nitrogen and oxygen atoms in total. The number of benzene rings is 6. The first kappa shape index (κ1) is 28.5. The minimum atomic E-state index is -0.237. The Kier molecular flexibility index (Phi) is 6.62. The van der Waals surface area contributed by atoms with Gasteiger partial charge in [0.1, 0.15) is 23.2 Å². The largest absolute Gasteiger partial charge is 0.456 e. The molecule has 5 heteroatoms. The van der Waals surface area contributed by atoms with Crippen LogP contribution in [0.5, 0.6) is 0 Å². The highest BCUT2D eigenvalue weighted by atomic mass is 16.3. The summed E-state index contributed by atoms with van der Waals surface area (Å²) in [7, 11) is 0. The van der Waals surface area contributed by atoms with E-state index in [2.05, 4.69) is 149 Å². The lowest BCUT2D eigenvalue weighted by Gasteiger charge is -2.24. The van der Waals surface area contributed by atoms with Gasteiger partial charge >= 0.3 is 0 Å². The number of aromatic nitrogens is 1. The molecule has 0 radical (unpaired) electrons. The second-order valence-electron chi connectivity index (χ2n) is 13.0. The van der Waals surface area contributed by atoms with Gasteiger partial charge in [-0.15, -0.1) is 0 Å². The minimum absolute atomic E-state index is 0.237. The van der Waals surface area contributed by atoms with Crippen LogP contribution in [0.4, 0.5) is 0 Å². The SMILES string of the molecule is C1=CC(C2=NC(c3ccccc3)NC(c3ccc4c(c3)oc3ccc(-n5c6ccccc6c6cc(-c7ccccc7)ccc65)cc34)=N2)=CCC1. The van der Waals surface area contributed by atoms with Crippen LogP contribution in [-0.4, -0.2) is 16.2 Å². The number of furan rings is 1. The quantitative estimate of drug-likeness (QED) is 0.203. The van der Waals surface area contributed by atoms with Crippen molar-refractivity contribution in [2.75, 3.05) is 0 Å². The topological polar surface area (TPSA) is 54.8 Å². The molecule has 2 aliphatic rings. The van der Waals surface area contributed by atoms with Crippen LogP contribution < -0.4 is 5.32 Å². The molecule has 8 aromatic rings. The summed E-state index contributed by atoms with van der Waals surface area (Å²) < 4.78 is 8.87. The van der Waals surface area contributed by atoms with Crippen LogP contribution in [0.1, 0.15) is 30.1 Å². The number of amidine groups is 2. The molecular formula is C45H32N4O. The molecule has 0 saturated carbocycles. The summed E-state index contributed by atoms with van der Waals surface area (Å²) >= 11 is 0. The number of rotatable bonds is 5. The lowest BCUT2D eigenvalue weighted by atomic mass is 10.0. The molecule has 0 amide bonds. The third kappa shape index (κ3) is 4.78. The zero-order chi connectivity index (χ0) is 33.0. The smallest absolute Gasteiger partial charge is 0.159 e. The van der Waals surface area contributed by atoms with E-state index in [1.165, 1.54) is 32.9 Å². The Balaban J connectivity index is 1.07. The van der Waals surface area contributed by atoms with Crippen molar-refractivity contribution in [1.29, 1.82) is 0 Å². The van der Waals surface area contributed by atoms with Crippen LogP contribution in [0.25, 0.3) is 60.6 Å². The van der Waals surface area contributed by atoms with Crippen LogP contribution in [0, 0.1) is 0 Å². The van der Waals surface area contributed by atoms with Gasteiger partial charge in [-0.2, -0.15) is 0 Å². The predicted octanol–water partition coefficient (Wildman–Crippen LogP) is 11.1. The van der Waals surface area contributed by atoms with Gasteiger partial charge in [-0.05, 0) is 78.1 Å². The van der Waals surface area contributed by atoms with Crippen LogP contribution in [-0.2, 0) is 0 Å². The molecule has 50 heavy (non-hydrogen) atoms. The van der Waals surface area contributed by atoms with Crippen molar-refractivity contribution in [2.45, 2.75) is 19.0 Å². The molecule has 6 aromatic carbocycles. The lowest BCUT2D eigenvalue weighted by molar-refractivity contribution is 0.666. The zero-order valence-corrected chi connectivity index (χ0v) is 27.3. The summed E-state index contributed by atoms with van der Waals surface area (Å²) in [6, 6.07) is 49.3. The molecule has 1 N–H and O–H groups in total. The van der Waals surface area contributed by atoms with Gasteiger partial charge in [0.15, 0.2) is 5.84 Å². The summed E-state index contributed by atoms with van der Waals surface area (Å²) in [5.74, 6) is 1.53. The first-order chi connectivity index (χ1) is 24.8. The van der Waals surface area contributed by atoms with Crippen molar-refractivity contribution in [1.82, 2.24) is 9.88 Å². The zero-order valence-electron chi connectivity index (χ0n) is 27.3. The maximum absolute atomic E-state index is 6.51. The maximum atomic E-state index is 6.51. The number of hydrogen-bond acceptors (Lipinski definition) is 4. The highest BCUT2D eigenvalue weighted by Crippen LogP contribution is 2.37. The molecule has 1 unspecified atom stereocenters. The van der Waals surface area contributed by atoms with Crippen molar-refractivity contribution in [3.05, 3.63) is 174 Å². The van der Waals surface area contributed by atoms with E-state index in [0.29, 0.717) is 0 Å². The Morgan fingerprint density at radius 2 is 1.40 bits per heavy atom. The number of para-hydroxylation sites is 1. The number of fused-ring (bicyclic) bond motifs is 6. The van der Waals surface area contributed by atoms with E-state index < -0.39 is 0 Å². The second-order valence-corrected chi connectivity index (χ2v) is 13.0. The summed E-state index contributed by atoms with van der Waals surface area (Å²) in [5.41, 5.74) is 10.7. The molecule has 0 saturated heterocycles. The average molecular weight is 645 g/mol. The Morgan fingerprint density at radius 3 is 2.26 bits per heavy atom. The minimum Gasteiger partial charge on any atom is -0.456 e. The monoisotopic (exact) mass is 644 g/mol. The van der Waals surface area contributed by atoms with E-state index in [9.17, 15) is 0 Å². The molecule has 238 valence electrons. The van der Waals surface area contributed by atoms with Crippen molar-refractivity contribution in [3.63, 3.8) is 0 Å². The maximum Gasteiger partial charge on any atom is 0.159 e. The van der Waals surface area contributed by atoms with E-state index in [1.807, 2.05) is 18.2 Å². The molecular weight excluding hydrogens is 613 g/mol. The van der Waals surface area contributed by atoms with Gasteiger partial charge in [0, 0.05) is 38.4 Å². The fourth-order valence-electron chi connectivity index (χ4n) is 7.42. The number of allylic oxidation sites excluding steroid dienone is 2. The van der Waals surface area contributed by atoms with E-state index in [1.54, 1.807) is 0 Å². The fraction of sp³-hybridized carbons (Fsp3) is 0.0667. The van der Waals surface area contributed by atoms with Gasteiger partial charge in [0.05, 0.1) is 11.0 Å². The van der Waals surface area contributed by atoms with Gasteiger partial charge in [-0.1, -0.05) is 109 Å². The molecule has 10 rings (SSSR count). The molecule has 0 spiro atoms. The predicted molar refractivity (Wildman–Crippen MR) is 206 cm³/mol. The first-order valence-electron chi connectivity index (χ1n) is 17.2. The van der Waals surface area contributed by atoms with Crippen molar-refractivity contribution in [2.24, 2.45) is 9.98 Å². The lowest BCUT2D eigenvalue weighted by Crippen LogP contribution is -2.33. The number of aliphatic imine (C=N–C) groups is 2. The summed E-state index contributed by atoms with van der Waals surface area (Å²) in [5, 5.41) is 8.22. The standard InChI is InChI=1S/C45H32N4O/c1-4-12-29(13-5-1)32-21-24-40-37(26-32)35-18-10-11-19-39(35)49(40)34-22-25-41-38(28-34)36-23-20-33(27-42(36)50-41)45-47-43(30-14-6-2-7-15-30)46-44(48-45)31-16-8-3-9-17-31/h1-2,4-8,10-28,43H,3,9H2,(H,46,47,48). The molecule has 0 bridgehead atoms. The third-order valence-electron chi connectivity index (χ3n) is 9.88. The van der Waals surface area contributed by atoms with Gasteiger partial charge in [-0.25, -0.2) is 9.98 Å². The van der Waals surface area contributed by atoms with Crippen LogP contribution in [0.3, 0.4) is 0 Å². The molecule has 0 fully saturated rings. The fourth-order valence-corrected chi connectivity index (χ4v) is 7.42. The Morgan fingerprint density at radius 1 is 0.600 bits per heavy atom. The van der Waals surface area contributed by atoms with E-state index >= 15 is 0 Å². The summed E-state index contributed by atoms with van der Waals surface area (Å²) in [6.07, 6.45) is 8.37. The third-order valence-corrected chi connectivity index (χ3v) is 9.88. The second kappa shape index (κ2) is 11.6. The molecule has 1 aliphatic carbocycles. The van der Waals surface area contributed by atoms with Crippen molar-refractivity contribution < 1.29 is 4.42 Å². The summed E-state index contributed by atoms with van der Waals surface area (Å²) in [4.78, 5) is 10.1. The number of nitrogens with one attached hydrogen (secondary N) is 1.